The highest BCUT2D eigenvalue weighted by atomic mass is 16.5. The Morgan fingerprint density at radius 3 is 2.79 bits per heavy atom. The number of carboxylic acids is 1. The van der Waals surface area contributed by atoms with E-state index in [9.17, 15) is 4.79 Å². The maximum Gasteiger partial charge on any atom is 0.317 e. The number of carbonyl (C=O) groups is 1. The molecule has 0 aromatic heterocycles. The normalized spacial score (nSPS) is 27.1. The third kappa shape index (κ3) is 2.96. The van der Waals surface area contributed by atoms with Crippen LogP contribution in [0.5, 0.6) is 0 Å². The third-order valence-electron chi connectivity index (χ3n) is 2.65. The lowest BCUT2D eigenvalue weighted by molar-refractivity contribution is -0.139. The Morgan fingerprint density at radius 2 is 2.36 bits per heavy atom. The molecule has 1 N–H and O–H groups in total. The predicted molar refractivity (Wildman–Crippen MR) is 53.3 cm³/mol. The van der Waals surface area contributed by atoms with Crippen LogP contribution in [-0.4, -0.2) is 47.8 Å². The Bertz CT molecular complexity index is 196. The van der Waals surface area contributed by atoms with Crippen LogP contribution in [0.15, 0.2) is 0 Å². The first-order chi connectivity index (χ1) is 6.65. The van der Waals surface area contributed by atoms with Crippen LogP contribution in [0.1, 0.15) is 26.7 Å². The van der Waals surface area contributed by atoms with Crippen molar-refractivity contribution < 1.29 is 14.6 Å². The number of aliphatic carboxylic acids is 1. The highest BCUT2D eigenvalue weighted by Gasteiger charge is 2.30. The number of nitrogens with zero attached hydrogens (tertiary/aromatic N) is 1. The Hall–Kier alpha value is -0.610. The summed E-state index contributed by atoms with van der Waals surface area (Å²) in [6.07, 6.45) is 2.10. The van der Waals surface area contributed by atoms with E-state index in [2.05, 4.69) is 6.92 Å². The van der Waals surface area contributed by atoms with Gasteiger partial charge in [-0.3, -0.25) is 9.69 Å². The van der Waals surface area contributed by atoms with Crippen molar-refractivity contribution in [3.05, 3.63) is 0 Å². The molecule has 2 unspecified atom stereocenters. The average Bonchev–Trinajstić information content (AvgIpc) is 2.50. The van der Waals surface area contributed by atoms with Crippen LogP contribution in [0.4, 0.5) is 0 Å². The molecular weight excluding hydrogens is 182 g/mol. The molecule has 0 aromatic carbocycles. The first-order valence-electron chi connectivity index (χ1n) is 5.22. The van der Waals surface area contributed by atoms with Gasteiger partial charge in [0.05, 0.1) is 12.6 Å². The summed E-state index contributed by atoms with van der Waals surface area (Å²) < 4.78 is 5.44. The fourth-order valence-electron chi connectivity index (χ4n) is 2.02. The van der Waals surface area contributed by atoms with Gasteiger partial charge in [-0.15, -0.1) is 0 Å². The number of hydrogen-bond donors (Lipinski definition) is 1. The van der Waals surface area contributed by atoms with Crippen LogP contribution in [0.25, 0.3) is 0 Å². The summed E-state index contributed by atoms with van der Waals surface area (Å²) >= 11 is 0. The molecule has 4 nitrogen and oxygen atoms in total. The molecule has 2 atom stereocenters. The third-order valence-corrected chi connectivity index (χ3v) is 2.65. The van der Waals surface area contributed by atoms with Gasteiger partial charge in [0.1, 0.15) is 0 Å². The molecule has 82 valence electrons. The van der Waals surface area contributed by atoms with Gasteiger partial charge in [0.2, 0.25) is 0 Å². The van der Waals surface area contributed by atoms with E-state index >= 15 is 0 Å². The van der Waals surface area contributed by atoms with E-state index in [1.165, 1.54) is 0 Å². The van der Waals surface area contributed by atoms with Crippen LogP contribution in [0.2, 0.25) is 0 Å². The van der Waals surface area contributed by atoms with Gasteiger partial charge in [0.15, 0.2) is 0 Å². The lowest BCUT2D eigenvalue weighted by atomic mass is 10.1. The summed E-state index contributed by atoms with van der Waals surface area (Å²) in [6, 6.07) is 0.283. The van der Waals surface area contributed by atoms with Gasteiger partial charge >= 0.3 is 5.97 Å². The number of rotatable bonds is 5. The van der Waals surface area contributed by atoms with Crippen LogP contribution >= 0.6 is 0 Å². The minimum Gasteiger partial charge on any atom is -0.480 e. The number of hydrogen-bond acceptors (Lipinski definition) is 3. The summed E-state index contributed by atoms with van der Waals surface area (Å²) in [5.74, 6) is -0.752. The van der Waals surface area contributed by atoms with Crippen molar-refractivity contribution in [1.82, 2.24) is 4.90 Å². The molecule has 1 fully saturated rings. The zero-order valence-corrected chi connectivity index (χ0v) is 8.90. The van der Waals surface area contributed by atoms with Crippen molar-refractivity contribution in [2.45, 2.75) is 38.8 Å². The summed E-state index contributed by atoms with van der Waals surface area (Å²) in [7, 11) is 0. The monoisotopic (exact) mass is 201 g/mol. The van der Waals surface area contributed by atoms with Gasteiger partial charge in [-0.1, -0.05) is 6.92 Å². The van der Waals surface area contributed by atoms with Gasteiger partial charge in [0, 0.05) is 12.6 Å². The van der Waals surface area contributed by atoms with E-state index in [-0.39, 0.29) is 18.7 Å². The Kier molecular flexibility index (Phi) is 4.35. The van der Waals surface area contributed by atoms with Gasteiger partial charge in [0.25, 0.3) is 0 Å². The summed E-state index contributed by atoms with van der Waals surface area (Å²) in [6.45, 7) is 5.81. The minimum absolute atomic E-state index is 0.131. The standard InChI is InChI=1S/C10H19NO3/c1-3-5-11(7-10(12)13)9-4-6-14-8(9)2/h8-9H,3-7H2,1-2H3,(H,12,13). The van der Waals surface area contributed by atoms with Gasteiger partial charge in [-0.05, 0) is 26.3 Å². The van der Waals surface area contributed by atoms with Gasteiger partial charge < -0.3 is 9.84 Å². The first-order valence-corrected chi connectivity index (χ1v) is 5.22. The molecule has 0 aliphatic carbocycles. The van der Waals surface area contributed by atoms with Gasteiger partial charge in [-0.25, -0.2) is 0 Å². The molecular formula is C10H19NO3. The second kappa shape index (κ2) is 5.32. The molecule has 1 heterocycles. The van der Waals surface area contributed by atoms with E-state index < -0.39 is 5.97 Å². The van der Waals surface area contributed by atoms with Crippen molar-refractivity contribution in [2.24, 2.45) is 0 Å². The molecule has 0 bridgehead atoms. The quantitative estimate of drug-likeness (QED) is 0.719. The minimum atomic E-state index is -0.752. The molecule has 1 saturated heterocycles. The van der Waals surface area contributed by atoms with Crippen molar-refractivity contribution >= 4 is 5.97 Å². The lowest BCUT2D eigenvalue weighted by Crippen LogP contribution is -2.43. The van der Waals surface area contributed by atoms with E-state index in [0.29, 0.717) is 0 Å². The maximum atomic E-state index is 10.7. The van der Waals surface area contributed by atoms with Crippen molar-refractivity contribution in [1.29, 1.82) is 0 Å². The zero-order chi connectivity index (χ0) is 10.6. The van der Waals surface area contributed by atoms with Crippen molar-refractivity contribution in [3.63, 3.8) is 0 Å². The Morgan fingerprint density at radius 1 is 1.64 bits per heavy atom. The fraction of sp³-hybridized carbons (Fsp3) is 0.900. The van der Waals surface area contributed by atoms with Crippen LogP contribution in [-0.2, 0) is 9.53 Å². The Balaban J connectivity index is 2.51. The molecule has 0 amide bonds. The van der Waals surface area contributed by atoms with Crippen LogP contribution < -0.4 is 0 Å². The Labute approximate surface area is 84.8 Å². The van der Waals surface area contributed by atoms with E-state index in [1.54, 1.807) is 0 Å². The number of ether oxygens (including phenoxy) is 1. The van der Waals surface area contributed by atoms with Gasteiger partial charge in [-0.2, -0.15) is 0 Å². The molecule has 0 aromatic rings. The molecule has 0 saturated carbocycles. The van der Waals surface area contributed by atoms with Crippen LogP contribution in [0, 0.1) is 0 Å². The summed E-state index contributed by atoms with van der Waals surface area (Å²) in [4.78, 5) is 12.7. The number of carboxylic acid groups (broad SMARTS) is 1. The summed E-state index contributed by atoms with van der Waals surface area (Å²) in [5.41, 5.74) is 0. The fourth-order valence-corrected chi connectivity index (χ4v) is 2.02. The molecule has 1 aliphatic rings. The van der Waals surface area contributed by atoms with Crippen LogP contribution in [0.3, 0.4) is 0 Å². The topological polar surface area (TPSA) is 49.8 Å². The molecule has 14 heavy (non-hydrogen) atoms. The highest BCUT2D eigenvalue weighted by molar-refractivity contribution is 5.69. The second-order valence-corrected chi connectivity index (χ2v) is 3.80. The van der Waals surface area contributed by atoms with Crippen molar-refractivity contribution in [3.8, 4) is 0 Å². The zero-order valence-electron chi connectivity index (χ0n) is 8.90. The second-order valence-electron chi connectivity index (χ2n) is 3.80. The van der Waals surface area contributed by atoms with E-state index in [0.717, 1.165) is 26.0 Å². The largest absolute Gasteiger partial charge is 0.480 e. The molecule has 1 aliphatic heterocycles. The summed E-state index contributed by atoms with van der Waals surface area (Å²) in [5, 5.41) is 8.77. The average molecular weight is 201 g/mol. The highest BCUT2D eigenvalue weighted by Crippen LogP contribution is 2.19. The SMILES string of the molecule is CCCN(CC(=O)O)C1CCOC1C. The predicted octanol–water partition coefficient (Wildman–Crippen LogP) is 0.960. The lowest BCUT2D eigenvalue weighted by Gasteiger charge is -2.28. The first kappa shape index (κ1) is 11.5. The van der Waals surface area contributed by atoms with E-state index in [1.807, 2.05) is 11.8 Å². The molecule has 4 heteroatoms. The maximum absolute atomic E-state index is 10.7. The molecule has 1 rings (SSSR count). The molecule has 0 radical (unpaired) electrons. The smallest absolute Gasteiger partial charge is 0.317 e. The molecule has 0 spiro atoms. The van der Waals surface area contributed by atoms with Crippen molar-refractivity contribution in [2.75, 3.05) is 19.7 Å². The van der Waals surface area contributed by atoms with E-state index in [4.69, 9.17) is 9.84 Å².